The molecule has 0 aromatic heterocycles. The first-order valence-corrected chi connectivity index (χ1v) is 6.72. The van der Waals surface area contributed by atoms with Crippen LogP contribution >= 0.6 is 24.0 Å². The number of aliphatic carboxylic acids is 1. The number of nitriles is 1. The van der Waals surface area contributed by atoms with Gasteiger partial charge in [0.15, 0.2) is 0 Å². The Hall–Kier alpha value is -0.800. The van der Waals surface area contributed by atoms with Crippen LogP contribution in [0.1, 0.15) is 33.6 Å². The molecule has 0 aliphatic rings. The average Bonchev–Trinajstić information content (AvgIpc) is 2.28. The van der Waals surface area contributed by atoms with Gasteiger partial charge in [0.2, 0.25) is 0 Å². The standard InChI is InChI=1S/C11H18N2O2S2/c1-4-13(5-2)10(16)17-11(3,8-12)7-6-9(14)15/h4-7H2,1-3H3,(H,14,15). The Balaban J connectivity index is 4.52. The number of thiocarbonyl (C=S) groups is 1. The second-order valence-corrected chi connectivity index (χ2v) is 5.91. The van der Waals surface area contributed by atoms with Gasteiger partial charge in [-0.3, -0.25) is 4.79 Å². The van der Waals surface area contributed by atoms with Crippen LogP contribution in [0.3, 0.4) is 0 Å². The zero-order valence-electron chi connectivity index (χ0n) is 10.4. The van der Waals surface area contributed by atoms with Crippen molar-refractivity contribution >= 4 is 34.3 Å². The van der Waals surface area contributed by atoms with E-state index in [1.165, 1.54) is 11.8 Å². The molecule has 0 saturated carbocycles. The summed E-state index contributed by atoms with van der Waals surface area (Å²) in [6.45, 7) is 7.32. The lowest BCUT2D eigenvalue weighted by atomic mass is 10.1. The molecule has 0 bridgehead atoms. The first-order valence-electron chi connectivity index (χ1n) is 5.49. The van der Waals surface area contributed by atoms with Crippen LogP contribution in [-0.4, -0.2) is 38.1 Å². The third kappa shape index (κ3) is 5.89. The highest BCUT2D eigenvalue weighted by atomic mass is 32.2. The smallest absolute Gasteiger partial charge is 0.303 e. The fourth-order valence-electron chi connectivity index (χ4n) is 1.21. The molecule has 0 rings (SSSR count). The lowest BCUT2D eigenvalue weighted by Crippen LogP contribution is -2.31. The molecule has 17 heavy (non-hydrogen) atoms. The van der Waals surface area contributed by atoms with Crippen LogP contribution in [0.2, 0.25) is 0 Å². The third-order valence-electron chi connectivity index (χ3n) is 2.39. The van der Waals surface area contributed by atoms with Crippen LogP contribution in [-0.2, 0) is 4.79 Å². The summed E-state index contributed by atoms with van der Waals surface area (Å²) >= 11 is 6.54. The summed E-state index contributed by atoms with van der Waals surface area (Å²) in [5.74, 6) is -0.888. The lowest BCUT2D eigenvalue weighted by Gasteiger charge is -2.27. The first-order chi connectivity index (χ1) is 7.88. The summed E-state index contributed by atoms with van der Waals surface area (Å²) in [5.41, 5.74) is 0. The molecule has 1 atom stereocenters. The zero-order valence-corrected chi connectivity index (χ0v) is 12.0. The van der Waals surface area contributed by atoms with Gasteiger partial charge in [-0.1, -0.05) is 24.0 Å². The highest BCUT2D eigenvalue weighted by molar-refractivity contribution is 8.23. The molecular weight excluding hydrogens is 256 g/mol. The Morgan fingerprint density at radius 1 is 1.53 bits per heavy atom. The van der Waals surface area contributed by atoms with Crippen molar-refractivity contribution in [1.82, 2.24) is 4.90 Å². The summed E-state index contributed by atoms with van der Waals surface area (Å²) in [6, 6.07) is 2.15. The Labute approximate surface area is 112 Å². The van der Waals surface area contributed by atoms with Gasteiger partial charge in [-0.2, -0.15) is 5.26 Å². The van der Waals surface area contributed by atoms with E-state index in [9.17, 15) is 4.79 Å². The van der Waals surface area contributed by atoms with Crippen LogP contribution in [0.4, 0.5) is 0 Å². The van der Waals surface area contributed by atoms with Gasteiger partial charge in [0.05, 0.1) is 6.07 Å². The van der Waals surface area contributed by atoms with Crippen LogP contribution in [0.15, 0.2) is 0 Å². The maximum Gasteiger partial charge on any atom is 0.303 e. The number of nitrogens with zero attached hydrogens (tertiary/aromatic N) is 2. The Morgan fingerprint density at radius 2 is 2.06 bits per heavy atom. The minimum absolute atomic E-state index is 0.0159. The normalized spacial score (nSPS) is 13.5. The SMILES string of the molecule is CCN(CC)C(=S)SC(C)(C#N)CCC(=O)O. The molecule has 1 N–H and O–H groups in total. The molecule has 0 aromatic carbocycles. The van der Waals surface area contributed by atoms with Crippen molar-refractivity contribution in [2.75, 3.05) is 13.1 Å². The number of carboxylic acid groups (broad SMARTS) is 1. The Bertz CT molecular complexity index is 324. The van der Waals surface area contributed by atoms with E-state index in [0.717, 1.165) is 13.1 Å². The number of hydrogen-bond acceptors (Lipinski definition) is 4. The molecule has 0 fully saturated rings. The molecule has 0 radical (unpaired) electrons. The summed E-state index contributed by atoms with van der Waals surface area (Å²) in [6.07, 6.45) is 0.281. The van der Waals surface area contributed by atoms with Crippen LogP contribution in [0, 0.1) is 11.3 Å². The molecule has 0 aliphatic carbocycles. The lowest BCUT2D eigenvalue weighted by molar-refractivity contribution is -0.137. The van der Waals surface area contributed by atoms with Gasteiger partial charge in [-0.05, 0) is 27.2 Å². The predicted molar refractivity (Wildman–Crippen MR) is 74.0 cm³/mol. The van der Waals surface area contributed by atoms with Gasteiger partial charge in [-0.15, -0.1) is 0 Å². The molecule has 0 aliphatic heterocycles. The Morgan fingerprint density at radius 3 is 2.41 bits per heavy atom. The average molecular weight is 274 g/mol. The molecule has 0 saturated heterocycles. The summed E-state index contributed by atoms with van der Waals surface area (Å²) < 4.78 is -0.109. The molecule has 1 unspecified atom stereocenters. The first kappa shape index (κ1) is 16.2. The molecule has 0 amide bonds. The largest absolute Gasteiger partial charge is 0.481 e. The fourth-order valence-corrected chi connectivity index (χ4v) is 3.05. The second-order valence-electron chi connectivity index (χ2n) is 3.78. The maximum atomic E-state index is 10.5. The minimum Gasteiger partial charge on any atom is -0.481 e. The number of hydrogen-bond donors (Lipinski definition) is 1. The van der Waals surface area contributed by atoms with Gasteiger partial charge in [0.25, 0.3) is 0 Å². The number of rotatable bonds is 6. The van der Waals surface area contributed by atoms with Gasteiger partial charge >= 0.3 is 5.97 Å². The third-order valence-corrected chi connectivity index (χ3v) is 4.07. The molecule has 4 nitrogen and oxygen atoms in total. The molecule has 96 valence electrons. The fraction of sp³-hybridized carbons (Fsp3) is 0.727. The van der Waals surface area contributed by atoms with Crippen molar-refractivity contribution in [3.8, 4) is 6.07 Å². The Kier molecular flexibility index (Phi) is 7.16. The van der Waals surface area contributed by atoms with E-state index in [0.29, 0.717) is 10.7 Å². The summed E-state index contributed by atoms with van der Waals surface area (Å²) in [5, 5.41) is 17.8. The van der Waals surface area contributed by atoms with Crippen molar-refractivity contribution in [3.63, 3.8) is 0 Å². The predicted octanol–water partition coefficient (Wildman–Crippen LogP) is 2.49. The van der Waals surface area contributed by atoms with Crippen molar-refractivity contribution in [3.05, 3.63) is 0 Å². The van der Waals surface area contributed by atoms with Gasteiger partial charge in [0.1, 0.15) is 9.07 Å². The molecule has 0 spiro atoms. The number of carbonyl (C=O) groups is 1. The van der Waals surface area contributed by atoms with E-state index in [1.54, 1.807) is 6.92 Å². The highest BCUT2D eigenvalue weighted by Gasteiger charge is 2.28. The van der Waals surface area contributed by atoms with Gasteiger partial charge in [0, 0.05) is 19.5 Å². The van der Waals surface area contributed by atoms with E-state index in [4.69, 9.17) is 22.6 Å². The molecule has 0 heterocycles. The monoisotopic (exact) mass is 274 g/mol. The van der Waals surface area contributed by atoms with E-state index in [1.807, 2.05) is 18.7 Å². The topological polar surface area (TPSA) is 64.3 Å². The van der Waals surface area contributed by atoms with E-state index in [-0.39, 0.29) is 6.42 Å². The molecular formula is C11H18N2O2S2. The van der Waals surface area contributed by atoms with E-state index >= 15 is 0 Å². The van der Waals surface area contributed by atoms with Crippen LogP contribution < -0.4 is 0 Å². The summed E-state index contributed by atoms with van der Waals surface area (Å²) in [7, 11) is 0. The van der Waals surface area contributed by atoms with E-state index in [2.05, 4.69) is 6.07 Å². The van der Waals surface area contributed by atoms with Gasteiger partial charge < -0.3 is 10.0 Å². The summed E-state index contributed by atoms with van der Waals surface area (Å²) in [4.78, 5) is 12.5. The molecule has 0 aromatic rings. The number of carboxylic acids is 1. The second kappa shape index (κ2) is 7.51. The van der Waals surface area contributed by atoms with Crippen LogP contribution in [0.5, 0.6) is 0 Å². The zero-order chi connectivity index (χ0) is 13.5. The van der Waals surface area contributed by atoms with Crippen molar-refractivity contribution < 1.29 is 9.90 Å². The highest BCUT2D eigenvalue weighted by Crippen LogP contribution is 2.31. The molecule has 6 heteroatoms. The van der Waals surface area contributed by atoms with Gasteiger partial charge in [-0.25, -0.2) is 0 Å². The van der Waals surface area contributed by atoms with Crippen molar-refractivity contribution in [2.45, 2.75) is 38.4 Å². The van der Waals surface area contributed by atoms with E-state index < -0.39 is 10.7 Å². The van der Waals surface area contributed by atoms with Crippen molar-refractivity contribution in [1.29, 1.82) is 5.26 Å². The quantitative estimate of drug-likeness (QED) is 0.751. The van der Waals surface area contributed by atoms with Crippen LogP contribution in [0.25, 0.3) is 0 Å². The maximum absolute atomic E-state index is 10.5. The minimum atomic E-state index is -0.888. The van der Waals surface area contributed by atoms with Crippen molar-refractivity contribution in [2.24, 2.45) is 0 Å². The number of thioether (sulfide) groups is 1.